The van der Waals surface area contributed by atoms with E-state index in [1.807, 2.05) is 20.8 Å². The number of halogens is 3. The molecule has 0 bridgehead atoms. The van der Waals surface area contributed by atoms with Crippen molar-refractivity contribution in [1.82, 2.24) is 20.5 Å². The van der Waals surface area contributed by atoms with E-state index in [1.165, 1.54) is 22.3 Å². The number of aliphatic hydroxyl groups excluding tert-OH is 1. The summed E-state index contributed by atoms with van der Waals surface area (Å²) in [5.74, 6) is -0.812. The quantitative estimate of drug-likeness (QED) is 0.514. The minimum absolute atomic E-state index is 0.0212. The maximum atomic E-state index is 13.3. The summed E-state index contributed by atoms with van der Waals surface area (Å²) in [6.07, 6.45) is -6.35. The van der Waals surface area contributed by atoms with E-state index < -0.39 is 42.1 Å². The van der Waals surface area contributed by atoms with Gasteiger partial charge >= 0.3 is 6.18 Å². The molecule has 2 amide bonds. The van der Waals surface area contributed by atoms with Crippen LogP contribution >= 0.6 is 11.3 Å². The minimum atomic E-state index is -4.42. The molecule has 0 saturated carbocycles. The van der Waals surface area contributed by atoms with E-state index in [2.05, 4.69) is 15.6 Å². The number of hydrogen-bond acceptors (Lipinski definition) is 6. The number of hydrogen-bond donors (Lipinski definition) is 3. The van der Waals surface area contributed by atoms with Gasteiger partial charge in [0.05, 0.1) is 34.6 Å². The highest BCUT2D eigenvalue weighted by atomic mass is 32.1. The Bertz CT molecular complexity index is 1100. The fourth-order valence-corrected chi connectivity index (χ4v) is 5.40. The van der Waals surface area contributed by atoms with Gasteiger partial charge in [-0.1, -0.05) is 32.9 Å². The van der Waals surface area contributed by atoms with Gasteiger partial charge in [-0.25, -0.2) is 4.98 Å². The zero-order valence-electron chi connectivity index (χ0n) is 21.1. The highest BCUT2D eigenvalue weighted by Crippen LogP contribution is 2.32. The van der Waals surface area contributed by atoms with E-state index in [1.54, 1.807) is 31.6 Å². The number of aliphatic hydroxyl groups is 1. The molecule has 3 rings (SSSR count). The van der Waals surface area contributed by atoms with Crippen LogP contribution in [0.1, 0.15) is 44.0 Å². The van der Waals surface area contributed by atoms with Crippen molar-refractivity contribution in [2.24, 2.45) is 5.41 Å². The van der Waals surface area contributed by atoms with Crippen LogP contribution in [0.2, 0.25) is 0 Å². The van der Waals surface area contributed by atoms with Crippen molar-refractivity contribution in [1.29, 1.82) is 0 Å². The van der Waals surface area contributed by atoms with Gasteiger partial charge in [0.15, 0.2) is 0 Å². The number of alkyl halides is 3. The lowest BCUT2D eigenvalue weighted by Gasteiger charge is -2.34. The van der Waals surface area contributed by atoms with Crippen LogP contribution in [-0.4, -0.2) is 64.8 Å². The fourth-order valence-electron chi connectivity index (χ4n) is 4.60. The molecule has 0 radical (unpaired) electrons. The third kappa shape index (κ3) is 6.63. The number of likely N-dealkylation sites (N-methyl/N-ethyl adjacent to an activating group) is 1. The smallest absolute Gasteiger partial charge is 0.391 e. The van der Waals surface area contributed by atoms with Crippen LogP contribution in [0.4, 0.5) is 13.2 Å². The molecule has 1 aliphatic heterocycles. The zero-order chi connectivity index (χ0) is 26.8. The number of nitrogens with one attached hydrogen (secondary N) is 2. The van der Waals surface area contributed by atoms with Crippen LogP contribution in [0.15, 0.2) is 23.7 Å². The molecule has 2 aromatic rings. The average Bonchev–Trinajstić information content (AvgIpc) is 3.36. The summed E-state index contributed by atoms with van der Waals surface area (Å²) in [7, 11) is 1.66. The lowest BCUT2D eigenvalue weighted by molar-refractivity contribution is -0.142. The highest BCUT2D eigenvalue weighted by molar-refractivity contribution is 7.13. The molecule has 3 atom stereocenters. The third-order valence-electron chi connectivity index (χ3n) is 6.32. The summed E-state index contributed by atoms with van der Waals surface area (Å²) in [5.41, 5.74) is 2.99. The number of likely N-dealkylation sites (tertiary alicyclic amines) is 1. The van der Waals surface area contributed by atoms with Gasteiger partial charge < -0.3 is 20.6 Å². The lowest BCUT2D eigenvalue weighted by Crippen LogP contribution is -2.55. The van der Waals surface area contributed by atoms with Crippen LogP contribution in [0.5, 0.6) is 0 Å². The summed E-state index contributed by atoms with van der Waals surface area (Å²) in [6, 6.07) is 3.32. The number of aromatic nitrogens is 1. The van der Waals surface area contributed by atoms with Crippen molar-refractivity contribution < 1.29 is 27.9 Å². The molecule has 198 valence electrons. The maximum absolute atomic E-state index is 13.3. The van der Waals surface area contributed by atoms with Crippen LogP contribution in [0.3, 0.4) is 0 Å². The minimum Gasteiger partial charge on any atom is -0.391 e. The molecule has 2 heterocycles. The number of thiazole rings is 1. The van der Waals surface area contributed by atoms with Crippen LogP contribution in [0.25, 0.3) is 10.4 Å². The van der Waals surface area contributed by atoms with Crippen molar-refractivity contribution in [2.45, 2.75) is 71.4 Å². The first-order valence-electron chi connectivity index (χ1n) is 11.7. The standard InChI is InChI=1S/C25H33F3N4O3S/c1-14-20(36-13-31-14)15-6-7-16(17(8-15)10-25(26,27)28)11-30-22(34)19-9-18(33)12-32(19)23(35)21(29-5)24(2,3)4/h6-8,13,18-19,21,29,33H,9-12H2,1-5H3,(H,30,34)/t18-,19+,21-/m1/s1. The molecule has 1 saturated heterocycles. The molecule has 36 heavy (non-hydrogen) atoms. The van der Waals surface area contributed by atoms with Gasteiger partial charge in [0.1, 0.15) is 6.04 Å². The largest absolute Gasteiger partial charge is 0.393 e. The Hall–Kier alpha value is -2.50. The highest BCUT2D eigenvalue weighted by Gasteiger charge is 2.43. The molecule has 1 aromatic heterocycles. The fraction of sp³-hybridized carbons (Fsp3) is 0.560. The van der Waals surface area contributed by atoms with Crippen molar-refractivity contribution in [3.63, 3.8) is 0 Å². The Morgan fingerprint density at radius 2 is 1.94 bits per heavy atom. The normalized spacial score (nSPS) is 19.4. The van der Waals surface area contributed by atoms with Crippen molar-refractivity contribution in [3.05, 3.63) is 40.5 Å². The predicted molar refractivity (Wildman–Crippen MR) is 132 cm³/mol. The van der Waals surface area contributed by atoms with Crippen LogP contribution in [-0.2, 0) is 22.6 Å². The third-order valence-corrected chi connectivity index (χ3v) is 7.30. The molecule has 11 heteroatoms. The number of rotatable bonds is 7. The number of nitrogens with zero attached hydrogens (tertiary/aromatic N) is 2. The van der Waals surface area contributed by atoms with Crippen LogP contribution < -0.4 is 10.6 Å². The van der Waals surface area contributed by atoms with Gasteiger partial charge in [0.2, 0.25) is 11.8 Å². The summed E-state index contributed by atoms with van der Waals surface area (Å²) >= 11 is 1.35. The first-order valence-corrected chi connectivity index (χ1v) is 12.6. The molecular weight excluding hydrogens is 493 g/mol. The molecule has 0 aliphatic carbocycles. The number of benzene rings is 1. The van der Waals surface area contributed by atoms with Crippen molar-refractivity contribution in [2.75, 3.05) is 13.6 Å². The lowest BCUT2D eigenvalue weighted by atomic mass is 9.86. The average molecular weight is 527 g/mol. The van der Waals surface area contributed by atoms with Crippen molar-refractivity contribution in [3.8, 4) is 10.4 Å². The SMILES string of the molecule is CN[C@H](C(=O)N1C[C@H](O)C[C@H]1C(=O)NCc1ccc(-c2scnc2C)cc1CC(F)(F)F)C(C)(C)C. The van der Waals surface area contributed by atoms with E-state index in [4.69, 9.17) is 0 Å². The molecule has 3 N–H and O–H groups in total. The van der Waals surface area contributed by atoms with Gasteiger partial charge in [-0.15, -0.1) is 11.3 Å². The molecule has 0 spiro atoms. The number of carbonyl (C=O) groups excluding carboxylic acids is 2. The maximum Gasteiger partial charge on any atom is 0.393 e. The van der Waals surface area contributed by atoms with Gasteiger partial charge in [0.25, 0.3) is 0 Å². The molecule has 1 aliphatic rings. The second-order valence-corrected chi connectivity index (χ2v) is 11.1. The van der Waals surface area contributed by atoms with Crippen molar-refractivity contribution >= 4 is 23.2 Å². The van der Waals surface area contributed by atoms with Gasteiger partial charge in [-0.05, 0) is 42.1 Å². The Kier molecular flexibility index (Phi) is 8.47. The van der Waals surface area contributed by atoms with Gasteiger partial charge in [-0.3, -0.25) is 9.59 Å². The molecule has 1 aromatic carbocycles. The molecule has 1 fully saturated rings. The Morgan fingerprint density at radius 1 is 1.25 bits per heavy atom. The van der Waals surface area contributed by atoms with E-state index in [9.17, 15) is 27.9 Å². The monoisotopic (exact) mass is 526 g/mol. The molecule has 7 nitrogen and oxygen atoms in total. The first kappa shape index (κ1) is 28.1. The van der Waals surface area contributed by atoms with E-state index in [-0.39, 0.29) is 31.0 Å². The Labute approximate surface area is 213 Å². The predicted octanol–water partition coefficient (Wildman–Crippen LogP) is 3.44. The van der Waals surface area contributed by atoms with E-state index in [0.29, 0.717) is 11.1 Å². The van der Waals surface area contributed by atoms with Crippen LogP contribution in [0, 0.1) is 12.3 Å². The molecular formula is C25H33F3N4O3S. The molecule has 0 unspecified atom stereocenters. The Morgan fingerprint density at radius 3 is 2.50 bits per heavy atom. The second-order valence-electron chi connectivity index (χ2n) is 10.2. The Balaban J connectivity index is 1.80. The second kappa shape index (κ2) is 10.9. The van der Waals surface area contributed by atoms with Gasteiger partial charge in [0, 0.05) is 19.5 Å². The summed E-state index contributed by atoms with van der Waals surface area (Å²) in [5, 5.41) is 15.9. The number of β-amino-alcohol motifs (C(OH)–C–C–N with tert-alkyl or cyclic N) is 1. The summed E-state index contributed by atoms with van der Waals surface area (Å²) in [6.45, 7) is 7.38. The van der Waals surface area contributed by atoms with E-state index >= 15 is 0 Å². The number of carbonyl (C=O) groups is 2. The number of aryl methyl sites for hydroxylation is 1. The first-order chi connectivity index (χ1) is 16.7. The zero-order valence-corrected chi connectivity index (χ0v) is 21.9. The van der Waals surface area contributed by atoms with E-state index in [0.717, 1.165) is 10.6 Å². The summed E-state index contributed by atoms with van der Waals surface area (Å²) < 4.78 is 40.0. The number of amides is 2. The van der Waals surface area contributed by atoms with Gasteiger partial charge in [-0.2, -0.15) is 13.2 Å². The topological polar surface area (TPSA) is 94.6 Å². The summed E-state index contributed by atoms with van der Waals surface area (Å²) in [4.78, 5) is 32.6.